The highest BCUT2D eigenvalue weighted by atomic mass is 16.8. The van der Waals surface area contributed by atoms with Crippen molar-refractivity contribution in [1.29, 1.82) is 0 Å². The number of cyclic esters (lactones) is 2. The zero-order chi connectivity index (χ0) is 13.1. The van der Waals surface area contributed by atoms with Crippen molar-refractivity contribution in [3.05, 3.63) is 42.6 Å². The minimum Gasteiger partial charge on any atom is -0.473 e. The van der Waals surface area contributed by atoms with Crippen molar-refractivity contribution in [2.45, 2.75) is 6.10 Å². The third-order valence-corrected chi connectivity index (χ3v) is 2.65. The second-order valence-corrected chi connectivity index (χ2v) is 4.05. The van der Waals surface area contributed by atoms with Crippen molar-refractivity contribution >= 4 is 6.16 Å². The van der Waals surface area contributed by atoms with E-state index in [4.69, 9.17) is 9.47 Å². The second-order valence-electron chi connectivity index (χ2n) is 4.05. The van der Waals surface area contributed by atoms with Crippen molar-refractivity contribution in [3.8, 4) is 11.6 Å². The van der Waals surface area contributed by atoms with Crippen LogP contribution in [-0.2, 0) is 9.47 Å². The molecule has 0 aliphatic carbocycles. The van der Waals surface area contributed by atoms with E-state index in [2.05, 4.69) is 9.84 Å². The van der Waals surface area contributed by atoms with Crippen LogP contribution in [-0.4, -0.2) is 35.3 Å². The maximum Gasteiger partial charge on any atom is 0.508 e. The predicted octanol–water partition coefficient (Wildman–Crippen LogP) is 1.79. The smallest absolute Gasteiger partial charge is 0.473 e. The molecule has 1 saturated heterocycles. The van der Waals surface area contributed by atoms with E-state index in [9.17, 15) is 4.79 Å². The Hall–Kier alpha value is -2.50. The molecular formula is C13H12N2O4. The monoisotopic (exact) mass is 260 g/mol. The number of rotatable bonds is 4. The summed E-state index contributed by atoms with van der Waals surface area (Å²) in [5, 5.41) is 4.27. The highest BCUT2D eigenvalue weighted by Gasteiger charge is 2.25. The van der Waals surface area contributed by atoms with Gasteiger partial charge in [-0.2, -0.15) is 0 Å². The Morgan fingerprint density at radius 1 is 1.32 bits per heavy atom. The average Bonchev–Trinajstić information content (AvgIpc) is 3.06. The van der Waals surface area contributed by atoms with Gasteiger partial charge in [-0.15, -0.1) is 5.10 Å². The molecule has 1 fully saturated rings. The standard InChI is InChI=1S/C13H12N2O4/c16-13-18-9-11(19-13)8-17-12-6-7-15(14-12)10-4-2-1-3-5-10/h1-7,11H,8-9H2/t11-/m0/s1. The number of ether oxygens (including phenoxy) is 3. The third-order valence-electron chi connectivity index (χ3n) is 2.65. The highest BCUT2D eigenvalue weighted by molar-refractivity contribution is 5.61. The fourth-order valence-electron chi connectivity index (χ4n) is 1.73. The molecule has 6 nitrogen and oxygen atoms in total. The Labute approximate surface area is 109 Å². The van der Waals surface area contributed by atoms with Crippen molar-refractivity contribution in [3.63, 3.8) is 0 Å². The molecule has 2 aromatic rings. The molecule has 0 bridgehead atoms. The number of carbonyl (C=O) groups excluding carboxylic acids is 1. The van der Waals surface area contributed by atoms with Gasteiger partial charge in [0.1, 0.15) is 13.2 Å². The van der Waals surface area contributed by atoms with Crippen LogP contribution in [0, 0.1) is 0 Å². The molecule has 1 aliphatic heterocycles. The van der Waals surface area contributed by atoms with E-state index in [0.29, 0.717) is 5.88 Å². The lowest BCUT2D eigenvalue weighted by Crippen LogP contribution is -2.20. The minimum atomic E-state index is -0.650. The van der Waals surface area contributed by atoms with Gasteiger partial charge in [0.25, 0.3) is 0 Å². The minimum absolute atomic E-state index is 0.220. The lowest BCUT2D eigenvalue weighted by molar-refractivity contribution is 0.0970. The van der Waals surface area contributed by atoms with Gasteiger partial charge in [-0.1, -0.05) is 18.2 Å². The summed E-state index contributed by atoms with van der Waals surface area (Å²) in [7, 11) is 0. The van der Waals surface area contributed by atoms with Crippen LogP contribution in [0.5, 0.6) is 5.88 Å². The van der Waals surface area contributed by atoms with Gasteiger partial charge < -0.3 is 14.2 Å². The Morgan fingerprint density at radius 2 is 2.16 bits per heavy atom. The van der Waals surface area contributed by atoms with E-state index in [0.717, 1.165) is 5.69 Å². The molecule has 3 rings (SSSR count). The lowest BCUT2D eigenvalue weighted by Gasteiger charge is -2.06. The van der Waals surface area contributed by atoms with Crippen LogP contribution in [0.4, 0.5) is 4.79 Å². The first kappa shape index (κ1) is 11.6. The van der Waals surface area contributed by atoms with Gasteiger partial charge in [0.15, 0.2) is 6.10 Å². The van der Waals surface area contributed by atoms with Crippen LogP contribution in [0.3, 0.4) is 0 Å². The van der Waals surface area contributed by atoms with Gasteiger partial charge >= 0.3 is 6.16 Å². The zero-order valence-electron chi connectivity index (χ0n) is 10.1. The maximum absolute atomic E-state index is 10.7. The summed E-state index contributed by atoms with van der Waals surface area (Å²) in [4.78, 5) is 10.7. The summed E-state index contributed by atoms with van der Waals surface area (Å²) in [5.74, 6) is 0.479. The Balaban J connectivity index is 1.61. The SMILES string of the molecule is O=C1OC[C@H](COc2ccn(-c3ccccc3)n2)O1. The van der Waals surface area contributed by atoms with Crippen LogP contribution in [0.15, 0.2) is 42.6 Å². The van der Waals surface area contributed by atoms with E-state index in [1.165, 1.54) is 0 Å². The van der Waals surface area contributed by atoms with E-state index >= 15 is 0 Å². The van der Waals surface area contributed by atoms with Crippen molar-refractivity contribution in [2.24, 2.45) is 0 Å². The molecule has 0 spiro atoms. The van der Waals surface area contributed by atoms with E-state index in [-0.39, 0.29) is 19.3 Å². The van der Waals surface area contributed by atoms with Gasteiger partial charge in [0.2, 0.25) is 5.88 Å². The fourth-order valence-corrected chi connectivity index (χ4v) is 1.73. The molecule has 0 radical (unpaired) electrons. The first-order chi connectivity index (χ1) is 9.31. The number of aromatic nitrogens is 2. The molecule has 98 valence electrons. The van der Waals surface area contributed by atoms with Crippen LogP contribution >= 0.6 is 0 Å². The molecule has 1 atom stereocenters. The summed E-state index contributed by atoms with van der Waals surface area (Å²) in [6.07, 6.45) is 0.791. The van der Waals surface area contributed by atoms with Crippen molar-refractivity contribution < 1.29 is 19.0 Å². The van der Waals surface area contributed by atoms with E-state index < -0.39 is 6.16 Å². The van der Waals surface area contributed by atoms with E-state index in [1.54, 1.807) is 10.7 Å². The molecule has 0 saturated carbocycles. The summed E-state index contributed by atoms with van der Waals surface area (Å²) >= 11 is 0. The first-order valence-corrected chi connectivity index (χ1v) is 5.88. The average molecular weight is 260 g/mol. The zero-order valence-corrected chi connectivity index (χ0v) is 10.1. The molecule has 1 aliphatic rings. The molecule has 2 heterocycles. The van der Waals surface area contributed by atoms with Crippen molar-refractivity contribution in [1.82, 2.24) is 9.78 Å². The maximum atomic E-state index is 10.7. The number of nitrogens with zero attached hydrogens (tertiary/aromatic N) is 2. The molecule has 0 unspecified atom stereocenters. The van der Waals surface area contributed by atoms with Crippen molar-refractivity contribution in [2.75, 3.05) is 13.2 Å². The second kappa shape index (κ2) is 5.01. The number of benzene rings is 1. The number of para-hydroxylation sites is 1. The molecule has 6 heteroatoms. The van der Waals surface area contributed by atoms with Crippen LogP contribution in [0.1, 0.15) is 0 Å². The van der Waals surface area contributed by atoms with Gasteiger partial charge in [-0.25, -0.2) is 9.48 Å². The Morgan fingerprint density at radius 3 is 2.89 bits per heavy atom. The molecule has 0 amide bonds. The lowest BCUT2D eigenvalue weighted by atomic mass is 10.3. The highest BCUT2D eigenvalue weighted by Crippen LogP contribution is 2.13. The first-order valence-electron chi connectivity index (χ1n) is 5.88. The summed E-state index contributed by atoms with van der Waals surface area (Å²) in [6, 6.07) is 11.5. The number of carbonyl (C=O) groups is 1. The fraction of sp³-hybridized carbons (Fsp3) is 0.231. The number of hydrogen-bond acceptors (Lipinski definition) is 5. The normalized spacial score (nSPS) is 17.9. The molecule has 1 aromatic heterocycles. The number of hydrogen-bond donors (Lipinski definition) is 0. The van der Waals surface area contributed by atoms with Crippen LogP contribution in [0.2, 0.25) is 0 Å². The predicted molar refractivity (Wildman–Crippen MR) is 65.3 cm³/mol. The molecule has 0 N–H and O–H groups in total. The van der Waals surface area contributed by atoms with Crippen LogP contribution < -0.4 is 4.74 Å². The van der Waals surface area contributed by atoms with Gasteiger partial charge in [0.05, 0.1) is 5.69 Å². The van der Waals surface area contributed by atoms with Gasteiger partial charge in [-0.3, -0.25) is 0 Å². The molecular weight excluding hydrogens is 248 g/mol. The van der Waals surface area contributed by atoms with E-state index in [1.807, 2.05) is 36.5 Å². The van der Waals surface area contributed by atoms with Crippen LogP contribution in [0.25, 0.3) is 5.69 Å². The molecule has 19 heavy (non-hydrogen) atoms. The summed E-state index contributed by atoms with van der Waals surface area (Å²) < 4.78 is 16.7. The Kier molecular flexibility index (Phi) is 3.06. The topological polar surface area (TPSA) is 62.6 Å². The summed E-state index contributed by atoms with van der Waals surface area (Å²) in [5.41, 5.74) is 0.952. The molecule has 1 aromatic carbocycles. The summed E-state index contributed by atoms with van der Waals surface area (Å²) in [6.45, 7) is 0.454. The third kappa shape index (κ3) is 2.67. The Bertz CT molecular complexity index is 567. The van der Waals surface area contributed by atoms with Gasteiger partial charge in [0, 0.05) is 12.3 Å². The largest absolute Gasteiger partial charge is 0.508 e. The van der Waals surface area contributed by atoms with Gasteiger partial charge in [-0.05, 0) is 12.1 Å². The quantitative estimate of drug-likeness (QED) is 0.784.